The molecular weight excluding hydrogens is 314 g/mol. The number of rotatable bonds is 7. The van der Waals surface area contributed by atoms with Crippen molar-refractivity contribution in [2.75, 3.05) is 19.9 Å². The van der Waals surface area contributed by atoms with E-state index in [0.717, 1.165) is 11.2 Å². The summed E-state index contributed by atoms with van der Waals surface area (Å²) in [7, 11) is 1.77. The van der Waals surface area contributed by atoms with E-state index in [4.69, 9.17) is 9.26 Å². The summed E-state index contributed by atoms with van der Waals surface area (Å²) < 4.78 is 10.7. The Morgan fingerprint density at radius 1 is 1.52 bits per heavy atom. The van der Waals surface area contributed by atoms with Gasteiger partial charge in [0.25, 0.3) is 0 Å². The van der Waals surface area contributed by atoms with Crippen LogP contribution < -0.4 is 10.6 Å². The summed E-state index contributed by atoms with van der Waals surface area (Å²) in [4.78, 5) is 8.60. The van der Waals surface area contributed by atoms with Gasteiger partial charge in [0.1, 0.15) is 6.10 Å². The second kappa shape index (κ2) is 9.12. The molecule has 2 N–H and O–H groups in total. The average molecular weight is 341 g/mol. The van der Waals surface area contributed by atoms with E-state index in [1.807, 2.05) is 25.6 Å². The molecule has 130 valence electrons. The molecule has 3 unspecified atom stereocenters. The van der Waals surface area contributed by atoms with Gasteiger partial charge in [0.15, 0.2) is 11.8 Å². The summed E-state index contributed by atoms with van der Waals surface area (Å²) in [5.41, 5.74) is 0. The molecule has 1 aliphatic carbocycles. The highest BCUT2D eigenvalue weighted by atomic mass is 32.2. The highest BCUT2D eigenvalue weighted by Crippen LogP contribution is 2.28. The van der Waals surface area contributed by atoms with E-state index >= 15 is 0 Å². The molecule has 1 aliphatic rings. The van der Waals surface area contributed by atoms with Crippen molar-refractivity contribution in [3.05, 3.63) is 11.7 Å². The maximum Gasteiger partial charge on any atom is 0.246 e. The Morgan fingerprint density at radius 2 is 2.35 bits per heavy atom. The molecule has 0 radical (unpaired) electrons. The number of nitrogens with one attached hydrogen (secondary N) is 2. The molecule has 0 saturated heterocycles. The fourth-order valence-corrected chi connectivity index (χ4v) is 3.46. The van der Waals surface area contributed by atoms with Gasteiger partial charge in [-0.15, -0.1) is 0 Å². The molecule has 0 bridgehead atoms. The molecule has 0 aromatic carbocycles. The van der Waals surface area contributed by atoms with Crippen molar-refractivity contribution in [2.45, 2.75) is 57.1 Å². The van der Waals surface area contributed by atoms with Crippen LogP contribution in [0.1, 0.15) is 50.9 Å². The number of hydrogen-bond donors (Lipinski definition) is 2. The van der Waals surface area contributed by atoms with Crippen molar-refractivity contribution in [1.82, 2.24) is 20.8 Å². The van der Waals surface area contributed by atoms with E-state index in [-0.39, 0.29) is 6.10 Å². The van der Waals surface area contributed by atoms with Crippen LogP contribution in [0.2, 0.25) is 0 Å². The second-order valence-corrected chi connectivity index (χ2v) is 6.72. The van der Waals surface area contributed by atoms with Gasteiger partial charge >= 0.3 is 0 Å². The van der Waals surface area contributed by atoms with Crippen molar-refractivity contribution >= 4 is 17.7 Å². The molecule has 0 amide bonds. The lowest BCUT2D eigenvalue weighted by atomic mass is 10.2. The van der Waals surface area contributed by atoms with Crippen LogP contribution in [0.15, 0.2) is 9.52 Å². The number of aromatic nitrogens is 2. The number of guanidine groups is 1. The first-order chi connectivity index (χ1) is 11.2. The van der Waals surface area contributed by atoms with E-state index < -0.39 is 0 Å². The van der Waals surface area contributed by atoms with Crippen molar-refractivity contribution in [3.63, 3.8) is 0 Å². The van der Waals surface area contributed by atoms with Crippen LogP contribution in [0.5, 0.6) is 0 Å². The Hall–Kier alpha value is -1.28. The minimum Gasteiger partial charge on any atom is -0.371 e. The predicted molar refractivity (Wildman–Crippen MR) is 92.6 cm³/mol. The van der Waals surface area contributed by atoms with Crippen LogP contribution in [-0.2, 0) is 11.3 Å². The zero-order valence-corrected chi connectivity index (χ0v) is 15.2. The standard InChI is InChI=1S/C15H27N5O2S/c1-5-21-10(2)14-19-13(22-20-14)9-17-15(16-3)18-11-6-7-12(8-11)23-4/h10-12H,5-9H2,1-4H3,(H2,16,17,18). The molecule has 1 fully saturated rings. The number of ether oxygens (including phenoxy) is 1. The van der Waals surface area contributed by atoms with Crippen LogP contribution in [0.4, 0.5) is 0 Å². The third-order valence-corrected chi connectivity index (χ3v) is 5.05. The first-order valence-corrected chi connectivity index (χ1v) is 9.39. The first-order valence-electron chi connectivity index (χ1n) is 8.10. The molecule has 3 atom stereocenters. The molecule has 0 aliphatic heterocycles. The Labute approximate surface area is 142 Å². The summed E-state index contributed by atoms with van der Waals surface area (Å²) in [6, 6.07) is 0.481. The molecule has 23 heavy (non-hydrogen) atoms. The van der Waals surface area contributed by atoms with Crippen molar-refractivity contribution < 1.29 is 9.26 Å². The summed E-state index contributed by atoms with van der Waals surface area (Å²) in [6.45, 7) is 4.93. The monoisotopic (exact) mass is 341 g/mol. The van der Waals surface area contributed by atoms with Crippen LogP contribution >= 0.6 is 11.8 Å². The smallest absolute Gasteiger partial charge is 0.246 e. The topological polar surface area (TPSA) is 84.6 Å². The average Bonchev–Trinajstić information content (AvgIpc) is 3.20. The van der Waals surface area contributed by atoms with Gasteiger partial charge in [-0.2, -0.15) is 16.7 Å². The molecule has 8 heteroatoms. The van der Waals surface area contributed by atoms with Gasteiger partial charge < -0.3 is 19.9 Å². The van der Waals surface area contributed by atoms with Gasteiger partial charge in [0.05, 0.1) is 6.54 Å². The zero-order valence-electron chi connectivity index (χ0n) is 14.3. The lowest BCUT2D eigenvalue weighted by Crippen LogP contribution is -2.42. The SMILES string of the molecule is CCOC(C)c1noc(CNC(=NC)NC2CCC(SC)C2)n1. The van der Waals surface area contributed by atoms with Gasteiger partial charge in [-0.1, -0.05) is 5.16 Å². The Bertz CT molecular complexity index is 508. The molecule has 1 saturated carbocycles. The molecule has 0 spiro atoms. The van der Waals surface area contributed by atoms with Gasteiger partial charge in [-0.3, -0.25) is 4.99 Å². The second-order valence-electron chi connectivity index (χ2n) is 5.58. The summed E-state index contributed by atoms with van der Waals surface area (Å²) in [5, 5.41) is 11.4. The largest absolute Gasteiger partial charge is 0.371 e. The van der Waals surface area contributed by atoms with Crippen LogP contribution in [-0.4, -0.2) is 47.3 Å². The summed E-state index contributed by atoms with van der Waals surface area (Å²) in [5.74, 6) is 1.88. The summed E-state index contributed by atoms with van der Waals surface area (Å²) >= 11 is 1.95. The van der Waals surface area contributed by atoms with E-state index in [9.17, 15) is 0 Å². The first kappa shape index (κ1) is 18.1. The number of thioether (sulfide) groups is 1. The Kier molecular flexibility index (Phi) is 7.16. The van der Waals surface area contributed by atoms with Crippen molar-refractivity contribution in [2.24, 2.45) is 4.99 Å². The van der Waals surface area contributed by atoms with Crippen molar-refractivity contribution in [3.8, 4) is 0 Å². The third-order valence-electron chi connectivity index (χ3n) is 3.95. The molecule has 7 nitrogen and oxygen atoms in total. The third kappa shape index (κ3) is 5.39. The predicted octanol–water partition coefficient (Wildman–Crippen LogP) is 2.12. The zero-order chi connectivity index (χ0) is 16.7. The molecule has 1 aromatic heterocycles. The van der Waals surface area contributed by atoms with Gasteiger partial charge in [0, 0.05) is 24.9 Å². The summed E-state index contributed by atoms with van der Waals surface area (Å²) in [6.07, 6.45) is 5.65. The van der Waals surface area contributed by atoms with Crippen LogP contribution in [0.25, 0.3) is 0 Å². The molecule has 1 aromatic rings. The fraction of sp³-hybridized carbons (Fsp3) is 0.800. The lowest BCUT2D eigenvalue weighted by Gasteiger charge is -2.16. The number of aliphatic imine (C=N–C) groups is 1. The van der Waals surface area contributed by atoms with Crippen LogP contribution in [0, 0.1) is 0 Å². The fourth-order valence-electron chi connectivity index (χ4n) is 2.66. The quantitative estimate of drug-likeness (QED) is 0.580. The molecular formula is C15H27N5O2S. The maximum atomic E-state index is 5.45. The van der Waals surface area contributed by atoms with Gasteiger partial charge in [-0.05, 0) is 39.4 Å². The maximum absolute atomic E-state index is 5.45. The Balaban J connectivity index is 1.79. The van der Waals surface area contributed by atoms with Gasteiger partial charge in [-0.25, -0.2) is 0 Å². The van der Waals surface area contributed by atoms with E-state index in [1.54, 1.807) is 7.05 Å². The van der Waals surface area contributed by atoms with Crippen LogP contribution in [0.3, 0.4) is 0 Å². The van der Waals surface area contributed by atoms with Crippen molar-refractivity contribution in [1.29, 1.82) is 0 Å². The number of hydrogen-bond acceptors (Lipinski definition) is 6. The number of nitrogens with zero attached hydrogens (tertiary/aromatic N) is 3. The normalized spacial score (nSPS) is 23.0. The Morgan fingerprint density at radius 3 is 3.00 bits per heavy atom. The highest BCUT2D eigenvalue weighted by molar-refractivity contribution is 7.99. The molecule has 1 heterocycles. The van der Waals surface area contributed by atoms with E-state index in [1.165, 1.54) is 19.3 Å². The highest BCUT2D eigenvalue weighted by Gasteiger charge is 2.24. The lowest BCUT2D eigenvalue weighted by molar-refractivity contribution is 0.0683. The van der Waals surface area contributed by atoms with E-state index in [2.05, 4.69) is 32.0 Å². The van der Waals surface area contributed by atoms with Gasteiger partial charge in [0.2, 0.25) is 5.89 Å². The van der Waals surface area contributed by atoms with E-state index in [0.29, 0.717) is 30.9 Å². The molecule has 2 rings (SSSR count). The minimum atomic E-state index is -0.156. The minimum absolute atomic E-state index is 0.156.